The molecule has 2 aromatic carbocycles. The number of benzene rings is 2. The van der Waals surface area contributed by atoms with Crippen LogP contribution in [0, 0.1) is 29.6 Å². The Bertz CT molecular complexity index is 1940. The van der Waals surface area contributed by atoms with E-state index in [-0.39, 0.29) is 59.8 Å². The van der Waals surface area contributed by atoms with Crippen molar-refractivity contribution in [3.8, 4) is 11.5 Å². The molecule has 11 atom stereocenters. The highest BCUT2D eigenvalue weighted by Crippen LogP contribution is 2.50. The first-order valence-electron chi connectivity index (χ1n) is 22.1. The lowest BCUT2D eigenvalue weighted by atomic mass is 9.74. The number of nitrogens with one attached hydrogen (secondary N) is 2. The number of carbonyl (C=O) groups is 4. The van der Waals surface area contributed by atoms with Crippen LogP contribution in [0.1, 0.15) is 97.1 Å². The number of ether oxygens (including phenoxy) is 2. The molecule has 4 N–H and O–H groups in total. The number of piperidine rings is 1. The number of likely N-dealkylation sites (tertiary alicyclic amines) is 1. The van der Waals surface area contributed by atoms with Gasteiger partial charge in [-0.25, -0.2) is 0 Å². The first-order valence-corrected chi connectivity index (χ1v) is 22.1. The highest BCUT2D eigenvalue weighted by atomic mass is 16.5. The Labute approximate surface area is 361 Å². The van der Waals surface area contributed by atoms with E-state index in [4.69, 9.17) is 19.6 Å². The lowest BCUT2D eigenvalue weighted by molar-refractivity contribution is -0.150. The van der Waals surface area contributed by atoms with Crippen molar-refractivity contribution < 1.29 is 33.1 Å². The molecule has 0 radical (unpaired) electrons. The van der Waals surface area contributed by atoms with Gasteiger partial charge in [0.25, 0.3) is 0 Å². The van der Waals surface area contributed by atoms with Gasteiger partial charge < -0.3 is 34.7 Å². The van der Waals surface area contributed by atoms with Gasteiger partial charge >= 0.3 is 0 Å². The minimum atomic E-state index is -0.645. The van der Waals surface area contributed by atoms with Gasteiger partial charge in [0.2, 0.25) is 35.4 Å². The van der Waals surface area contributed by atoms with E-state index in [0.29, 0.717) is 31.2 Å². The van der Waals surface area contributed by atoms with E-state index >= 15 is 0 Å². The average Bonchev–Trinajstić information content (AvgIpc) is 4.09. The van der Waals surface area contributed by atoms with Crippen LogP contribution in [0.2, 0.25) is 0 Å². The molecule has 2 bridgehead atoms. The highest BCUT2D eigenvalue weighted by molar-refractivity contribution is 5.84. The van der Waals surface area contributed by atoms with E-state index in [1.807, 2.05) is 84.4 Å². The number of amides is 4. The molecule has 332 valence electrons. The van der Waals surface area contributed by atoms with Crippen molar-refractivity contribution in [2.45, 2.75) is 128 Å². The van der Waals surface area contributed by atoms with Gasteiger partial charge in [-0.3, -0.25) is 24.5 Å². The number of rotatable bonds is 20. The van der Waals surface area contributed by atoms with Crippen molar-refractivity contribution in [1.29, 1.82) is 0 Å². The van der Waals surface area contributed by atoms with Gasteiger partial charge in [0, 0.05) is 45.3 Å². The van der Waals surface area contributed by atoms with Crippen LogP contribution in [-0.4, -0.2) is 107 Å². The molecule has 3 heterocycles. The first kappa shape index (κ1) is 45.9. The van der Waals surface area contributed by atoms with Crippen molar-refractivity contribution in [1.82, 2.24) is 30.6 Å². The third-order valence-corrected chi connectivity index (χ3v) is 14.0. The quantitative estimate of drug-likeness (QED) is 0.135. The number of nitrogens with two attached hydrogens (primary N) is 1. The number of methoxy groups -OCH3 is 2. The van der Waals surface area contributed by atoms with E-state index in [1.165, 1.54) is 0 Å². The van der Waals surface area contributed by atoms with Crippen molar-refractivity contribution in [2.75, 3.05) is 27.8 Å². The predicted octanol–water partition coefficient (Wildman–Crippen LogP) is 5.33. The number of likely N-dealkylation sites (N-methyl/N-ethyl adjacent to an activating group) is 1. The lowest BCUT2D eigenvalue weighted by Crippen LogP contribution is -2.61. The molecule has 3 fully saturated rings. The maximum atomic E-state index is 14.8. The monoisotopic (exact) mass is 842 g/mol. The standard InChI is InChI=1S/C47H67N7O7/c1-9-29(4)40(53(6)46(58)38(28(2)3)47-23-22-33(27-47)39(50-47)42(48)56)36(59-7)26-37(55)54-24-16-21-35(54)41(60-8)30(5)43(57)49-34(25-31-17-12-10-13-18-31)45-52-51-44(61-45)32-19-14-11-15-20-32/h10-15,17-20,28-30,33-36,38-41,50H,9,16,21-27H2,1-8H3,(H2,48,56)(H,49,57)/t29-,30+,33?,34-,35-,36+,38+,39?,40-,41+,47?/m0/s1. The summed E-state index contributed by atoms with van der Waals surface area (Å²) in [6, 6.07) is 17.5. The maximum absolute atomic E-state index is 14.8. The van der Waals surface area contributed by atoms with Crippen LogP contribution in [0.15, 0.2) is 65.1 Å². The topological polar surface area (TPSA) is 182 Å². The van der Waals surface area contributed by atoms with E-state index < -0.39 is 41.8 Å². The fourth-order valence-electron chi connectivity index (χ4n) is 10.7. The first-order chi connectivity index (χ1) is 29.2. The van der Waals surface area contributed by atoms with E-state index in [2.05, 4.69) is 48.5 Å². The third kappa shape index (κ3) is 9.86. The summed E-state index contributed by atoms with van der Waals surface area (Å²) in [5.41, 5.74) is 7.04. The van der Waals surface area contributed by atoms with Crippen LogP contribution >= 0.6 is 0 Å². The fraction of sp³-hybridized carbons (Fsp3) is 0.617. The second-order valence-electron chi connectivity index (χ2n) is 18.1. The number of hydrogen-bond donors (Lipinski definition) is 3. The summed E-state index contributed by atoms with van der Waals surface area (Å²) < 4.78 is 18.4. The van der Waals surface area contributed by atoms with Crippen LogP contribution in [0.5, 0.6) is 0 Å². The van der Waals surface area contributed by atoms with E-state index in [1.54, 1.807) is 14.2 Å². The highest BCUT2D eigenvalue weighted by Gasteiger charge is 2.59. The number of carbonyl (C=O) groups excluding carboxylic acids is 4. The molecular weight excluding hydrogens is 775 g/mol. The van der Waals surface area contributed by atoms with Gasteiger partial charge in [-0.1, -0.05) is 89.6 Å². The van der Waals surface area contributed by atoms with Crippen molar-refractivity contribution in [3.63, 3.8) is 0 Å². The molecule has 3 unspecified atom stereocenters. The zero-order chi connectivity index (χ0) is 44.0. The van der Waals surface area contributed by atoms with Crippen LogP contribution in [0.25, 0.3) is 11.5 Å². The molecule has 3 aromatic rings. The maximum Gasteiger partial charge on any atom is 0.247 e. The molecule has 2 saturated heterocycles. The number of primary amides is 1. The van der Waals surface area contributed by atoms with Gasteiger partial charge in [0.1, 0.15) is 6.04 Å². The number of nitrogens with zero attached hydrogens (tertiary/aromatic N) is 4. The average molecular weight is 842 g/mol. The van der Waals surface area contributed by atoms with Gasteiger partial charge in [-0.15, -0.1) is 10.2 Å². The molecule has 0 spiro atoms. The third-order valence-electron chi connectivity index (χ3n) is 14.0. The molecule has 3 aliphatic rings. The molecule has 14 nitrogen and oxygen atoms in total. The van der Waals surface area contributed by atoms with Gasteiger partial charge in [-0.2, -0.15) is 0 Å². The SMILES string of the molecule is CC[C@H](C)[C@@H]([C@@H](CC(=O)N1CCC[C@H]1[C@H](OC)[C@@H](C)C(=O)N[C@@H](Cc1ccccc1)c1nnc(-c2ccccc2)o1)OC)N(C)C(=O)[C@@H](C(C)C)C12CCC(C1)C(C(N)=O)N2. The summed E-state index contributed by atoms with van der Waals surface area (Å²) in [5, 5.41) is 15.3. The smallest absolute Gasteiger partial charge is 0.247 e. The second kappa shape index (κ2) is 20.0. The number of hydrogen-bond acceptors (Lipinski definition) is 10. The summed E-state index contributed by atoms with van der Waals surface area (Å²) in [6.07, 6.45) is 3.87. The van der Waals surface area contributed by atoms with E-state index in [0.717, 1.165) is 43.2 Å². The predicted molar refractivity (Wildman–Crippen MR) is 231 cm³/mol. The molecule has 1 aromatic heterocycles. The molecule has 1 saturated carbocycles. The minimum Gasteiger partial charge on any atom is -0.418 e. The summed E-state index contributed by atoms with van der Waals surface area (Å²) in [6.45, 7) is 10.6. The van der Waals surface area contributed by atoms with Crippen LogP contribution in [-0.2, 0) is 35.1 Å². The summed E-state index contributed by atoms with van der Waals surface area (Å²) >= 11 is 0. The van der Waals surface area contributed by atoms with Gasteiger partial charge in [-0.05, 0) is 67.6 Å². The Morgan fingerprint density at radius 3 is 2.30 bits per heavy atom. The molecule has 61 heavy (non-hydrogen) atoms. The molecule has 4 amide bonds. The molecule has 1 aliphatic carbocycles. The summed E-state index contributed by atoms with van der Waals surface area (Å²) in [4.78, 5) is 59.5. The second-order valence-corrected chi connectivity index (χ2v) is 18.1. The van der Waals surface area contributed by atoms with Crippen LogP contribution < -0.4 is 16.4 Å². The Hall–Kier alpha value is -4.66. The molecule has 6 rings (SSSR count). The number of fused-ring (bicyclic) bond motifs is 2. The Morgan fingerprint density at radius 2 is 1.69 bits per heavy atom. The fourth-order valence-corrected chi connectivity index (χ4v) is 10.7. The van der Waals surface area contributed by atoms with Gasteiger partial charge in [0.15, 0.2) is 0 Å². The zero-order valence-electron chi connectivity index (χ0n) is 37.2. The molecular formula is C47H67N7O7. The Balaban J connectivity index is 1.17. The minimum absolute atomic E-state index is 0.00375. The van der Waals surface area contributed by atoms with Crippen molar-refractivity contribution in [2.24, 2.45) is 35.3 Å². The molecule has 2 aliphatic heterocycles. The normalized spacial score (nSPS) is 24.5. The largest absolute Gasteiger partial charge is 0.418 e. The van der Waals surface area contributed by atoms with Crippen LogP contribution in [0.4, 0.5) is 0 Å². The number of aromatic nitrogens is 2. The van der Waals surface area contributed by atoms with Crippen molar-refractivity contribution in [3.05, 3.63) is 72.1 Å². The molecule has 14 heteroatoms. The van der Waals surface area contributed by atoms with Crippen LogP contribution in [0.3, 0.4) is 0 Å². The summed E-state index contributed by atoms with van der Waals surface area (Å²) in [5.74, 6) is -1.00. The van der Waals surface area contributed by atoms with Crippen molar-refractivity contribution >= 4 is 23.6 Å². The Kier molecular flexibility index (Phi) is 15.1. The zero-order valence-corrected chi connectivity index (χ0v) is 37.2. The summed E-state index contributed by atoms with van der Waals surface area (Å²) in [7, 11) is 5.02. The Morgan fingerprint density at radius 1 is 1.00 bits per heavy atom. The van der Waals surface area contributed by atoms with E-state index in [9.17, 15) is 19.2 Å². The lowest BCUT2D eigenvalue weighted by Gasteiger charge is -2.45. The van der Waals surface area contributed by atoms with Gasteiger partial charge in [0.05, 0.1) is 48.6 Å².